The van der Waals surface area contributed by atoms with Crippen molar-refractivity contribution in [3.8, 4) is 45.6 Å². The monoisotopic (exact) mass is 414 g/mol. The van der Waals surface area contributed by atoms with Crippen molar-refractivity contribution in [1.29, 1.82) is 0 Å². The van der Waals surface area contributed by atoms with Crippen LogP contribution in [0.4, 0.5) is 0 Å². The van der Waals surface area contributed by atoms with E-state index in [1.165, 1.54) is 0 Å². The standard InChI is InChI=1S/C23H26O7/c1-11-6-13-7-15-20(29-9-27-15)22(25-4)17(13)18-14(19(24-3)12(11)2)8-16-21(23(18)26-5)30-10-28-16/h7-8,11-12,19H,6,9-10H2,1-5H3/t11-,12-,19+/m0/s1. The zero-order valence-corrected chi connectivity index (χ0v) is 17.9. The summed E-state index contributed by atoms with van der Waals surface area (Å²) >= 11 is 0. The predicted molar refractivity (Wildman–Crippen MR) is 109 cm³/mol. The van der Waals surface area contributed by atoms with Crippen LogP contribution >= 0.6 is 0 Å². The molecular weight excluding hydrogens is 388 g/mol. The minimum Gasteiger partial charge on any atom is -0.492 e. The lowest BCUT2D eigenvalue weighted by atomic mass is 9.76. The van der Waals surface area contributed by atoms with Crippen molar-refractivity contribution in [1.82, 2.24) is 0 Å². The van der Waals surface area contributed by atoms with Gasteiger partial charge < -0.3 is 33.2 Å². The maximum atomic E-state index is 6.03. The topological polar surface area (TPSA) is 64.6 Å². The van der Waals surface area contributed by atoms with Gasteiger partial charge >= 0.3 is 0 Å². The first kappa shape index (κ1) is 19.2. The third-order valence-electron chi connectivity index (χ3n) is 6.49. The Hall–Kier alpha value is -2.80. The van der Waals surface area contributed by atoms with E-state index in [-0.39, 0.29) is 25.6 Å². The van der Waals surface area contributed by atoms with Gasteiger partial charge in [0.15, 0.2) is 23.0 Å². The summed E-state index contributed by atoms with van der Waals surface area (Å²) in [7, 11) is 5.03. The Morgan fingerprint density at radius 1 is 0.800 bits per heavy atom. The normalized spacial score (nSPS) is 23.3. The van der Waals surface area contributed by atoms with E-state index in [0.29, 0.717) is 40.4 Å². The molecule has 3 atom stereocenters. The highest BCUT2D eigenvalue weighted by Gasteiger charge is 2.39. The van der Waals surface area contributed by atoms with Gasteiger partial charge in [-0.2, -0.15) is 0 Å². The van der Waals surface area contributed by atoms with Gasteiger partial charge in [-0.1, -0.05) is 13.8 Å². The summed E-state index contributed by atoms with van der Waals surface area (Å²) in [5, 5.41) is 0. The molecule has 0 N–H and O–H groups in total. The highest BCUT2D eigenvalue weighted by molar-refractivity contribution is 5.89. The van der Waals surface area contributed by atoms with Gasteiger partial charge in [-0.05, 0) is 41.5 Å². The Morgan fingerprint density at radius 3 is 2.00 bits per heavy atom. The lowest BCUT2D eigenvalue weighted by molar-refractivity contribution is 0.0362. The Bertz CT molecular complexity index is 1000. The minimum atomic E-state index is -0.151. The fraction of sp³-hybridized carbons (Fsp3) is 0.478. The minimum absolute atomic E-state index is 0.151. The predicted octanol–water partition coefficient (Wildman–Crippen LogP) is 4.34. The lowest BCUT2D eigenvalue weighted by Crippen LogP contribution is -2.24. The second kappa shape index (κ2) is 7.16. The second-order valence-corrected chi connectivity index (χ2v) is 7.98. The zero-order valence-electron chi connectivity index (χ0n) is 17.9. The number of fused-ring (bicyclic) bond motifs is 5. The van der Waals surface area contributed by atoms with Crippen molar-refractivity contribution < 1.29 is 33.2 Å². The van der Waals surface area contributed by atoms with Gasteiger partial charge in [0.1, 0.15) is 0 Å². The van der Waals surface area contributed by atoms with Crippen LogP contribution in [-0.4, -0.2) is 34.9 Å². The molecule has 2 aliphatic heterocycles. The first-order chi connectivity index (χ1) is 14.6. The number of methoxy groups -OCH3 is 3. The average molecular weight is 414 g/mol. The molecular formula is C23H26O7. The zero-order chi connectivity index (χ0) is 21.0. The molecule has 0 unspecified atom stereocenters. The van der Waals surface area contributed by atoms with E-state index in [9.17, 15) is 0 Å². The van der Waals surface area contributed by atoms with Gasteiger partial charge in [0.2, 0.25) is 25.1 Å². The largest absolute Gasteiger partial charge is 0.492 e. The van der Waals surface area contributed by atoms with Crippen LogP contribution in [0.5, 0.6) is 34.5 Å². The molecule has 2 aromatic carbocycles. The quantitative estimate of drug-likeness (QED) is 0.740. The molecule has 0 aromatic heterocycles. The van der Waals surface area contributed by atoms with Gasteiger partial charge in [0.25, 0.3) is 0 Å². The second-order valence-electron chi connectivity index (χ2n) is 7.98. The molecule has 1 aliphatic carbocycles. The highest BCUT2D eigenvalue weighted by Crippen LogP contribution is 2.59. The van der Waals surface area contributed by atoms with Gasteiger partial charge in [-0.15, -0.1) is 0 Å². The molecule has 30 heavy (non-hydrogen) atoms. The van der Waals surface area contributed by atoms with Gasteiger partial charge in [0, 0.05) is 18.2 Å². The Kier molecular flexibility index (Phi) is 4.58. The first-order valence-corrected chi connectivity index (χ1v) is 10.1. The molecule has 0 radical (unpaired) electrons. The smallest absolute Gasteiger partial charge is 0.231 e. The van der Waals surface area contributed by atoms with Crippen molar-refractivity contribution in [2.45, 2.75) is 26.4 Å². The number of benzene rings is 2. The summed E-state index contributed by atoms with van der Waals surface area (Å²) in [6, 6.07) is 4.07. The summed E-state index contributed by atoms with van der Waals surface area (Å²) in [6.45, 7) is 4.79. The molecule has 0 bridgehead atoms. The molecule has 0 amide bonds. The summed E-state index contributed by atoms with van der Waals surface area (Å²) < 4.78 is 40.8. The van der Waals surface area contributed by atoms with Crippen molar-refractivity contribution in [2.75, 3.05) is 34.9 Å². The van der Waals surface area contributed by atoms with E-state index < -0.39 is 0 Å². The van der Waals surface area contributed by atoms with E-state index in [2.05, 4.69) is 19.9 Å². The van der Waals surface area contributed by atoms with Crippen LogP contribution in [0.2, 0.25) is 0 Å². The van der Waals surface area contributed by atoms with E-state index in [0.717, 1.165) is 28.7 Å². The first-order valence-electron chi connectivity index (χ1n) is 10.1. The van der Waals surface area contributed by atoms with E-state index >= 15 is 0 Å². The average Bonchev–Trinajstić information content (AvgIpc) is 3.40. The molecule has 0 spiro atoms. The van der Waals surface area contributed by atoms with Crippen LogP contribution < -0.4 is 28.4 Å². The van der Waals surface area contributed by atoms with Crippen LogP contribution in [0.25, 0.3) is 11.1 Å². The molecule has 5 rings (SSSR count). The van der Waals surface area contributed by atoms with Crippen LogP contribution in [0.1, 0.15) is 31.1 Å². The highest BCUT2D eigenvalue weighted by atomic mass is 16.7. The van der Waals surface area contributed by atoms with E-state index in [1.807, 2.05) is 6.07 Å². The summed E-state index contributed by atoms with van der Waals surface area (Å²) in [5.74, 6) is 4.42. The van der Waals surface area contributed by atoms with Gasteiger partial charge in [-0.25, -0.2) is 0 Å². The third-order valence-corrected chi connectivity index (χ3v) is 6.49. The van der Waals surface area contributed by atoms with Crippen molar-refractivity contribution in [3.05, 3.63) is 23.3 Å². The fourth-order valence-corrected chi connectivity index (χ4v) is 4.86. The van der Waals surface area contributed by atoms with Crippen molar-refractivity contribution in [3.63, 3.8) is 0 Å². The van der Waals surface area contributed by atoms with E-state index in [4.69, 9.17) is 33.2 Å². The van der Waals surface area contributed by atoms with Crippen molar-refractivity contribution >= 4 is 0 Å². The number of hydrogen-bond acceptors (Lipinski definition) is 7. The maximum Gasteiger partial charge on any atom is 0.231 e. The van der Waals surface area contributed by atoms with Crippen molar-refractivity contribution in [2.24, 2.45) is 11.8 Å². The summed E-state index contributed by atoms with van der Waals surface area (Å²) in [6.07, 6.45) is 0.683. The lowest BCUT2D eigenvalue weighted by Gasteiger charge is -2.34. The van der Waals surface area contributed by atoms with Crippen LogP contribution in [0.3, 0.4) is 0 Å². The molecule has 0 saturated heterocycles. The van der Waals surface area contributed by atoms with E-state index in [1.54, 1.807) is 21.3 Å². The van der Waals surface area contributed by atoms with Gasteiger partial charge in [-0.3, -0.25) is 0 Å². The molecule has 3 aliphatic rings. The van der Waals surface area contributed by atoms with Crippen LogP contribution in [0, 0.1) is 11.8 Å². The van der Waals surface area contributed by atoms with Crippen LogP contribution in [0.15, 0.2) is 12.1 Å². The van der Waals surface area contributed by atoms with Gasteiger partial charge in [0.05, 0.1) is 20.3 Å². The molecule has 0 fully saturated rings. The Labute approximate surface area is 175 Å². The Balaban J connectivity index is 1.91. The number of ether oxygens (including phenoxy) is 7. The molecule has 7 heteroatoms. The Morgan fingerprint density at radius 2 is 1.40 bits per heavy atom. The molecule has 2 aromatic rings. The molecule has 160 valence electrons. The molecule has 2 heterocycles. The molecule has 0 saturated carbocycles. The number of rotatable bonds is 3. The van der Waals surface area contributed by atoms with Crippen LogP contribution in [-0.2, 0) is 11.2 Å². The molecule has 7 nitrogen and oxygen atoms in total. The fourth-order valence-electron chi connectivity index (χ4n) is 4.86. The third kappa shape index (κ3) is 2.61. The summed E-state index contributed by atoms with van der Waals surface area (Å²) in [4.78, 5) is 0. The summed E-state index contributed by atoms with van der Waals surface area (Å²) in [5.41, 5.74) is 3.91. The SMILES string of the molecule is COc1c2c(cc3c1-c1c(cc4c(c1OC)OCO4)[C@H](OC)[C@@H](C)[C@@H](C)C3)OCO2. The maximum absolute atomic E-state index is 6.03. The number of hydrogen-bond donors (Lipinski definition) is 0.